The van der Waals surface area contributed by atoms with Gasteiger partial charge < -0.3 is 0 Å². The van der Waals surface area contributed by atoms with Gasteiger partial charge in [0.2, 0.25) is 0 Å². The van der Waals surface area contributed by atoms with Crippen molar-refractivity contribution in [3.05, 3.63) is 40.4 Å². The molecule has 0 aliphatic rings. The largest absolute Gasteiger partial charge is 0.295 e. The molecule has 2 aromatic rings. The molecule has 0 saturated carbocycles. The van der Waals surface area contributed by atoms with Crippen LogP contribution in [0.5, 0.6) is 0 Å². The second-order valence-corrected chi connectivity index (χ2v) is 6.78. The van der Waals surface area contributed by atoms with Crippen molar-refractivity contribution in [2.45, 2.75) is 9.79 Å². The predicted octanol–water partition coefficient (Wildman–Crippen LogP) is 1.24. The Morgan fingerprint density at radius 2 is 1.48 bits per heavy atom. The molecule has 21 heavy (non-hydrogen) atoms. The molecule has 0 saturated heterocycles. The van der Waals surface area contributed by atoms with Crippen molar-refractivity contribution in [2.75, 3.05) is 0 Å². The maximum atomic E-state index is 11.2. The normalized spacial score (nSPS) is 12.5. The van der Waals surface area contributed by atoms with E-state index >= 15 is 0 Å². The fourth-order valence-electron chi connectivity index (χ4n) is 1.83. The first-order valence-electron chi connectivity index (χ1n) is 5.18. The Labute approximate surface area is 118 Å². The molecule has 0 aliphatic heterocycles. The van der Waals surface area contributed by atoms with Crippen LogP contribution >= 0.6 is 0 Å². The van der Waals surface area contributed by atoms with Crippen LogP contribution < -0.4 is 0 Å². The second-order valence-electron chi connectivity index (χ2n) is 4.00. The van der Waals surface area contributed by atoms with E-state index in [-0.39, 0.29) is 10.8 Å². The van der Waals surface area contributed by atoms with Gasteiger partial charge in [0, 0.05) is 6.07 Å². The predicted molar refractivity (Wildman–Crippen MR) is 70.2 cm³/mol. The third kappa shape index (κ3) is 2.85. The highest BCUT2D eigenvalue weighted by Gasteiger charge is 2.26. The van der Waals surface area contributed by atoms with Crippen LogP contribution in [0.3, 0.4) is 0 Å². The standard InChI is InChI=1S/C10H7NO8S2/c12-11(13)8-3-1-2-6-4-9(20(14,15)16)10(5-7(6)8)21(17,18)19/h1-5H,(H,14,15,16)(H,17,18,19). The molecule has 9 nitrogen and oxygen atoms in total. The zero-order chi connectivity index (χ0) is 16.0. The summed E-state index contributed by atoms with van der Waals surface area (Å²) in [6.07, 6.45) is 0. The minimum Gasteiger partial charge on any atom is -0.282 e. The monoisotopic (exact) mass is 333 g/mol. The Hall–Kier alpha value is -2.08. The van der Waals surface area contributed by atoms with Gasteiger partial charge >= 0.3 is 0 Å². The van der Waals surface area contributed by atoms with Gasteiger partial charge in [0.15, 0.2) is 0 Å². The number of hydrogen-bond donors (Lipinski definition) is 2. The van der Waals surface area contributed by atoms with E-state index in [9.17, 15) is 26.9 Å². The lowest BCUT2D eigenvalue weighted by molar-refractivity contribution is -0.383. The van der Waals surface area contributed by atoms with Crippen LogP contribution in [0, 0.1) is 10.1 Å². The number of rotatable bonds is 3. The van der Waals surface area contributed by atoms with Crippen LogP contribution in [-0.4, -0.2) is 30.9 Å². The first-order valence-corrected chi connectivity index (χ1v) is 8.06. The molecule has 2 rings (SSSR count). The van der Waals surface area contributed by atoms with E-state index in [1.54, 1.807) is 0 Å². The summed E-state index contributed by atoms with van der Waals surface area (Å²) in [5.74, 6) is 0. The number of fused-ring (bicyclic) bond motifs is 1. The van der Waals surface area contributed by atoms with Crippen LogP contribution in [-0.2, 0) is 20.2 Å². The highest BCUT2D eigenvalue weighted by Crippen LogP contribution is 2.32. The summed E-state index contributed by atoms with van der Waals surface area (Å²) in [7, 11) is -9.96. The van der Waals surface area contributed by atoms with E-state index in [0.29, 0.717) is 6.07 Å². The summed E-state index contributed by atoms with van der Waals surface area (Å²) in [5, 5.41) is 10.7. The SMILES string of the molecule is O=[N+]([O-])c1cccc2cc(S(=O)(=O)O)c(S(=O)(=O)O)cc12. The highest BCUT2D eigenvalue weighted by atomic mass is 32.2. The van der Waals surface area contributed by atoms with Crippen molar-refractivity contribution in [1.82, 2.24) is 0 Å². The molecule has 0 aliphatic carbocycles. The zero-order valence-electron chi connectivity index (χ0n) is 9.99. The third-order valence-corrected chi connectivity index (χ3v) is 4.59. The van der Waals surface area contributed by atoms with E-state index in [1.807, 2.05) is 0 Å². The number of nitro groups is 1. The molecule has 0 fully saturated rings. The van der Waals surface area contributed by atoms with E-state index in [4.69, 9.17) is 9.11 Å². The number of nitro benzene ring substituents is 1. The van der Waals surface area contributed by atoms with Gasteiger partial charge in [-0.25, -0.2) is 0 Å². The van der Waals surface area contributed by atoms with Gasteiger partial charge in [-0.3, -0.25) is 19.2 Å². The molecular weight excluding hydrogens is 326 g/mol. The van der Waals surface area contributed by atoms with E-state index in [1.165, 1.54) is 12.1 Å². The third-order valence-electron chi connectivity index (χ3n) is 2.67. The summed E-state index contributed by atoms with van der Waals surface area (Å²) in [5.41, 5.74) is -0.473. The van der Waals surface area contributed by atoms with Gasteiger partial charge in [0.05, 0.1) is 10.3 Å². The van der Waals surface area contributed by atoms with Gasteiger partial charge in [-0.05, 0) is 17.5 Å². The first-order chi connectivity index (χ1) is 9.51. The van der Waals surface area contributed by atoms with Crippen molar-refractivity contribution >= 4 is 36.7 Å². The molecular formula is C10H7NO8S2. The molecule has 0 amide bonds. The smallest absolute Gasteiger partial charge is 0.282 e. The van der Waals surface area contributed by atoms with Crippen molar-refractivity contribution in [3.63, 3.8) is 0 Å². The van der Waals surface area contributed by atoms with Crippen molar-refractivity contribution in [1.29, 1.82) is 0 Å². The highest BCUT2D eigenvalue weighted by molar-refractivity contribution is 7.89. The number of non-ortho nitro benzene ring substituents is 1. The van der Waals surface area contributed by atoms with Crippen molar-refractivity contribution in [2.24, 2.45) is 0 Å². The van der Waals surface area contributed by atoms with Crippen LogP contribution in [0.25, 0.3) is 10.8 Å². The number of benzene rings is 2. The second kappa shape index (κ2) is 4.73. The van der Waals surface area contributed by atoms with E-state index in [2.05, 4.69) is 0 Å². The molecule has 0 atom stereocenters. The Morgan fingerprint density at radius 1 is 0.952 bits per heavy atom. The Kier molecular flexibility index (Phi) is 3.45. The summed E-state index contributed by atoms with van der Waals surface area (Å²) in [6.45, 7) is 0. The summed E-state index contributed by atoms with van der Waals surface area (Å²) < 4.78 is 63.0. The average molecular weight is 333 g/mol. The Bertz CT molecular complexity index is 962. The van der Waals surface area contributed by atoms with E-state index in [0.717, 1.165) is 12.1 Å². The van der Waals surface area contributed by atoms with Gasteiger partial charge in [-0.1, -0.05) is 12.1 Å². The van der Waals surface area contributed by atoms with E-state index < -0.39 is 40.6 Å². The quantitative estimate of drug-likeness (QED) is 0.483. The van der Waals surface area contributed by atoms with Crippen LogP contribution in [0.1, 0.15) is 0 Å². The molecule has 0 aromatic heterocycles. The lowest BCUT2D eigenvalue weighted by Crippen LogP contribution is -2.08. The van der Waals surface area contributed by atoms with Gasteiger partial charge in [0.1, 0.15) is 9.79 Å². The van der Waals surface area contributed by atoms with Gasteiger partial charge in [-0.2, -0.15) is 16.8 Å². The molecule has 0 heterocycles. The minimum absolute atomic E-state index is 0.0178. The number of hydrogen-bond acceptors (Lipinski definition) is 6. The Balaban J connectivity index is 3.05. The van der Waals surface area contributed by atoms with Gasteiger partial charge in [0.25, 0.3) is 25.9 Å². The Morgan fingerprint density at radius 3 is 1.95 bits per heavy atom. The zero-order valence-corrected chi connectivity index (χ0v) is 11.6. The fraction of sp³-hybridized carbons (Fsp3) is 0. The molecule has 112 valence electrons. The summed E-state index contributed by atoms with van der Waals surface area (Å²) in [6, 6.07) is 5.02. The molecule has 0 radical (unpaired) electrons. The summed E-state index contributed by atoms with van der Waals surface area (Å²) >= 11 is 0. The fourth-order valence-corrected chi connectivity index (χ4v) is 3.63. The molecule has 2 N–H and O–H groups in total. The molecule has 0 bridgehead atoms. The lowest BCUT2D eigenvalue weighted by Gasteiger charge is -2.07. The maximum Gasteiger partial charge on any atom is 0.295 e. The van der Waals surface area contributed by atoms with Crippen LogP contribution in [0.15, 0.2) is 40.1 Å². The van der Waals surface area contributed by atoms with Gasteiger partial charge in [-0.15, -0.1) is 0 Å². The average Bonchev–Trinajstić information content (AvgIpc) is 2.34. The van der Waals surface area contributed by atoms with Crippen molar-refractivity contribution in [3.8, 4) is 0 Å². The first kappa shape index (κ1) is 15.3. The molecule has 2 aromatic carbocycles. The van der Waals surface area contributed by atoms with Crippen molar-refractivity contribution < 1.29 is 30.9 Å². The molecule has 0 unspecified atom stereocenters. The molecule has 11 heteroatoms. The number of nitrogens with zero attached hydrogens (tertiary/aromatic N) is 1. The maximum absolute atomic E-state index is 11.2. The van der Waals surface area contributed by atoms with Crippen LogP contribution in [0.4, 0.5) is 5.69 Å². The van der Waals surface area contributed by atoms with Crippen LogP contribution in [0.2, 0.25) is 0 Å². The molecule has 0 spiro atoms. The lowest BCUT2D eigenvalue weighted by atomic mass is 10.1. The topological polar surface area (TPSA) is 152 Å². The summed E-state index contributed by atoms with van der Waals surface area (Å²) in [4.78, 5) is 7.91. The minimum atomic E-state index is -5.01.